The van der Waals surface area contributed by atoms with Gasteiger partial charge in [0, 0.05) is 25.6 Å². The Kier molecular flexibility index (Phi) is 4.54. The van der Waals surface area contributed by atoms with Gasteiger partial charge in [0.1, 0.15) is 0 Å². The van der Waals surface area contributed by atoms with Crippen LogP contribution in [0.15, 0.2) is 30.3 Å². The molecule has 1 saturated heterocycles. The molecule has 1 aliphatic heterocycles. The van der Waals surface area contributed by atoms with Crippen LogP contribution in [-0.2, 0) is 9.84 Å². The van der Waals surface area contributed by atoms with E-state index in [2.05, 4.69) is 4.90 Å². The van der Waals surface area contributed by atoms with Crippen molar-refractivity contribution in [1.29, 1.82) is 0 Å². The maximum absolute atomic E-state index is 11.5. The van der Waals surface area contributed by atoms with Crippen molar-refractivity contribution in [3.05, 3.63) is 35.9 Å². The van der Waals surface area contributed by atoms with Gasteiger partial charge in [-0.2, -0.15) is 0 Å². The highest BCUT2D eigenvalue weighted by molar-refractivity contribution is 7.91. The number of nitrogens with two attached hydrogens (primary N) is 1. The van der Waals surface area contributed by atoms with Gasteiger partial charge >= 0.3 is 0 Å². The molecule has 1 unspecified atom stereocenters. The summed E-state index contributed by atoms with van der Waals surface area (Å²) in [4.78, 5) is 2.62. The number of rotatable bonds is 4. The summed E-state index contributed by atoms with van der Waals surface area (Å²) in [7, 11) is -2.87. The lowest BCUT2D eigenvalue weighted by molar-refractivity contribution is 0.219. The Balaban J connectivity index is 2.17. The third-order valence-electron chi connectivity index (χ3n) is 3.40. The van der Waals surface area contributed by atoms with Crippen molar-refractivity contribution in [2.45, 2.75) is 12.5 Å². The van der Waals surface area contributed by atoms with Crippen molar-refractivity contribution >= 4 is 27.0 Å². The zero-order valence-corrected chi connectivity index (χ0v) is 12.3. The third-order valence-corrected chi connectivity index (χ3v) is 5.17. The number of thiocarbonyl (C=S) groups is 1. The molecule has 0 aromatic heterocycles. The number of benzene rings is 1. The van der Waals surface area contributed by atoms with E-state index in [1.54, 1.807) is 0 Å². The molecule has 2 N–H and O–H groups in total. The van der Waals surface area contributed by atoms with Gasteiger partial charge in [0.15, 0.2) is 9.84 Å². The minimum Gasteiger partial charge on any atom is -0.393 e. The normalized spacial score (nSPS) is 20.8. The van der Waals surface area contributed by atoms with Gasteiger partial charge in [0.05, 0.1) is 16.5 Å². The Morgan fingerprint density at radius 3 is 2.37 bits per heavy atom. The lowest BCUT2D eigenvalue weighted by Gasteiger charge is -2.34. The van der Waals surface area contributed by atoms with Crippen molar-refractivity contribution in [3.8, 4) is 0 Å². The largest absolute Gasteiger partial charge is 0.393 e. The summed E-state index contributed by atoms with van der Waals surface area (Å²) in [6, 6.07) is 10.1. The van der Waals surface area contributed by atoms with E-state index in [9.17, 15) is 8.42 Å². The minimum atomic E-state index is -2.87. The molecule has 1 fully saturated rings. The van der Waals surface area contributed by atoms with Crippen LogP contribution in [0.3, 0.4) is 0 Å². The lowest BCUT2D eigenvalue weighted by Crippen LogP contribution is -2.43. The van der Waals surface area contributed by atoms with Crippen LogP contribution in [0.2, 0.25) is 0 Å². The average molecular weight is 298 g/mol. The molecule has 1 aromatic carbocycles. The standard InChI is InChI=1S/C13H18N2O2S2/c14-13(18)10-12(11-4-2-1-3-5-11)15-6-8-19(16,17)9-7-15/h1-5,12H,6-10H2,(H2,14,18). The van der Waals surface area contributed by atoms with E-state index in [-0.39, 0.29) is 17.5 Å². The van der Waals surface area contributed by atoms with E-state index in [0.29, 0.717) is 24.5 Å². The van der Waals surface area contributed by atoms with Crippen LogP contribution in [0.4, 0.5) is 0 Å². The summed E-state index contributed by atoms with van der Waals surface area (Å²) < 4.78 is 23.0. The van der Waals surface area contributed by atoms with Crippen molar-refractivity contribution in [1.82, 2.24) is 4.90 Å². The Morgan fingerprint density at radius 2 is 1.84 bits per heavy atom. The molecular formula is C13H18N2O2S2. The van der Waals surface area contributed by atoms with Crippen LogP contribution in [0.5, 0.6) is 0 Å². The van der Waals surface area contributed by atoms with E-state index in [0.717, 1.165) is 5.56 Å². The van der Waals surface area contributed by atoms with Gasteiger partial charge in [-0.1, -0.05) is 42.5 Å². The molecule has 1 atom stereocenters. The molecule has 1 aliphatic rings. The monoisotopic (exact) mass is 298 g/mol. The van der Waals surface area contributed by atoms with Gasteiger partial charge < -0.3 is 5.73 Å². The summed E-state index contributed by atoms with van der Waals surface area (Å²) in [5, 5.41) is 0. The molecule has 0 spiro atoms. The molecule has 2 rings (SSSR count). The molecule has 0 bridgehead atoms. The first-order valence-electron chi connectivity index (χ1n) is 6.26. The first-order valence-corrected chi connectivity index (χ1v) is 8.48. The number of hydrogen-bond donors (Lipinski definition) is 1. The highest BCUT2D eigenvalue weighted by Crippen LogP contribution is 2.25. The molecule has 1 heterocycles. The van der Waals surface area contributed by atoms with Crippen molar-refractivity contribution in [2.75, 3.05) is 24.6 Å². The van der Waals surface area contributed by atoms with Gasteiger partial charge in [0.25, 0.3) is 0 Å². The van der Waals surface area contributed by atoms with E-state index in [1.165, 1.54) is 0 Å². The molecule has 0 aliphatic carbocycles. The molecule has 6 heteroatoms. The quantitative estimate of drug-likeness (QED) is 0.844. The molecule has 0 amide bonds. The second kappa shape index (κ2) is 5.98. The minimum absolute atomic E-state index is 0.0780. The number of hydrogen-bond acceptors (Lipinski definition) is 4. The van der Waals surface area contributed by atoms with Crippen LogP contribution >= 0.6 is 12.2 Å². The second-order valence-corrected chi connectivity index (χ2v) is 7.61. The zero-order chi connectivity index (χ0) is 13.9. The fourth-order valence-electron chi connectivity index (χ4n) is 2.36. The predicted octanol–water partition coefficient (Wildman–Crippen LogP) is 1.13. The van der Waals surface area contributed by atoms with Gasteiger partial charge in [-0.25, -0.2) is 8.42 Å². The van der Waals surface area contributed by atoms with Crippen LogP contribution in [-0.4, -0.2) is 42.9 Å². The molecule has 104 valence electrons. The highest BCUT2D eigenvalue weighted by atomic mass is 32.2. The molecule has 0 saturated carbocycles. The van der Waals surface area contributed by atoms with E-state index in [4.69, 9.17) is 18.0 Å². The van der Waals surface area contributed by atoms with Crippen LogP contribution in [0.25, 0.3) is 0 Å². The summed E-state index contributed by atoms with van der Waals surface area (Å²) in [6.45, 7) is 1.09. The maximum atomic E-state index is 11.5. The summed E-state index contributed by atoms with van der Waals surface area (Å²) in [6.07, 6.45) is 0.583. The predicted molar refractivity (Wildman–Crippen MR) is 80.8 cm³/mol. The topological polar surface area (TPSA) is 63.4 Å². The van der Waals surface area contributed by atoms with Gasteiger partial charge in [0.2, 0.25) is 0 Å². The fourth-order valence-corrected chi connectivity index (χ4v) is 3.75. The summed E-state index contributed by atoms with van der Waals surface area (Å²) >= 11 is 5.02. The molecule has 0 radical (unpaired) electrons. The fraction of sp³-hybridized carbons (Fsp3) is 0.462. The molecule has 1 aromatic rings. The van der Waals surface area contributed by atoms with Crippen LogP contribution in [0, 0.1) is 0 Å². The third kappa shape index (κ3) is 3.99. The van der Waals surface area contributed by atoms with E-state index < -0.39 is 9.84 Å². The first-order chi connectivity index (χ1) is 8.98. The van der Waals surface area contributed by atoms with E-state index >= 15 is 0 Å². The number of sulfone groups is 1. The summed E-state index contributed by atoms with van der Waals surface area (Å²) in [5.41, 5.74) is 6.81. The molecule has 19 heavy (non-hydrogen) atoms. The highest BCUT2D eigenvalue weighted by Gasteiger charge is 2.28. The van der Waals surface area contributed by atoms with Gasteiger partial charge in [-0.05, 0) is 5.56 Å². The van der Waals surface area contributed by atoms with Crippen molar-refractivity contribution in [3.63, 3.8) is 0 Å². The molecular weight excluding hydrogens is 280 g/mol. The lowest BCUT2D eigenvalue weighted by atomic mass is 10.0. The van der Waals surface area contributed by atoms with Crippen LogP contribution < -0.4 is 5.73 Å². The Hall–Kier alpha value is -0.980. The smallest absolute Gasteiger partial charge is 0.152 e. The second-order valence-electron chi connectivity index (χ2n) is 4.78. The van der Waals surface area contributed by atoms with Gasteiger partial charge in [-0.15, -0.1) is 0 Å². The van der Waals surface area contributed by atoms with E-state index in [1.807, 2.05) is 30.3 Å². The molecule has 4 nitrogen and oxygen atoms in total. The Morgan fingerprint density at radius 1 is 1.26 bits per heavy atom. The first kappa shape index (κ1) is 14.4. The zero-order valence-electron chi connectivity index (χ0n) is 10.7. The Labute approximate surface area is 119 Å². The Bertz CT molecular complexity index is 529. The number of nitrogens with zero attached hydrogens (tertiary/aromatic N) is 1. The average Bonchev–Trinajstić information content (AvgIpc) is 2.37. The van der Waals surface area contributed by atoms with Gasteiger partial charge in [-0.3, -0.25) is 4.90 Å². The van der Waals surface area contributed by atoms with Crippen molar-refractivity contribution < 1.29 is 8.42 Å². The maximum Gasteiger partial charge on any atom is 0.152 e. The van der Waals surface area contributed by atoms with Crippen LogP contribution in [0.1, 0.15) is 18.0 Å². The SMILES string of the molecule is NC(=S)CC(c1ccccc1)N1CCS(=O)(=O)CC1. The summed E-state index contributed by atoms with van der Waals surface area (Å²) in [5.74, 6) is 0.432. The van der Waals surface area contributed by atoms with Crippen molar-refractivity contribution in [2.24, 2.45) is 5.73 Å².